The maximum absolute atomic E-state index is 13.1. The molecule has 2 aromatic rings. The standard InChI is InChI=1S/C21H21N3O2S2/c1-4-24-19(25)18(28-21(24)22-13-14-8-6-5-7-9-14)20-23(2)16-12-15(26-3)10-11-17(16)27-20/h5-12H,4,13H2,1-3H3/b20-18-,22-21?. The summed E-state index contributed by atoms with van der Waals surface area (Å²) in [5.41, 5.74) is 2.19. The van der Waals surface area contributed by atoms with Gasteiger partial charge in [-0.15, -0.1) is 0 Å². The number of nitrogens with zero attached hydrogens (tertiary/aromatic N) is 3. The molecule has 144 valence electrons. The molecule has 5 nitrogen and oxygen atoms in total. The largest absolute Gasteiger partial charge is 0.497 e. The van der Waals surface area contributed by atoms with Crippen LogP contribution in [0.3, 0.4) is 0 Å². The van der Waals surface area contributed by atoms with Crippen molar-refractivity contribution in [1.82, 2.24) is 4.90 Å². The maximum atomic E-state index is 13.1. The minimum Gasteiger partial charge on any atom is -0.497 e. The van der Waals surface area contributed by atoms with Crippen LogP contribution >= 0.6 is 23.5 Å². The molecule has 0 aliphatic carbocycles. The van der Waals surface area contributed by atoms with E-state index in [9.17, 15) is 4.79 Å². The maximum Gasteiger partial charge on any atom is 0.269 e. The lowest BCUT2D eigenvalue weighted by Gasteiger charge is -2.15. The number of anilines is 1. The van der Waals surface area contributed by atoms with Gasteiger partial charge in [0, 0.05) is 24.6 Å². The number of likely N-dealkylation sites (N-methyl/N-ethyl adjacent to an activating group) is 1. The highest BCUT2D eigenvalue weighted by Crippen LogP contribution is 2.50. The van der Waals surface area contributed by atoms with Crippen LogP contribution in [-0.4, -0.2) is 36.7 Å². The summed E-state index contributed by atoms with van der Waals surface area (Å²) >= 11 is 3.08. The summed E-state index contributed by atoms with van der Waals surface area (Å²) in [6.07, 6.45) is 0. The van der Waals surface area contributed by atoms with Gasteiger partial charge in [0.2, 0.25) is 0 Å². The molecule has 2 aromatic carbocycles. The first-order valence-electron chi connectivity index (χ1n) is 9.04. The molecule has 1 amide bonds. The molecule has 0 unspecified atom stereocenters. The number of fused-ring (bicyclic) bond motifs is 1. The number of hydrogen-bond donors (Lipinski definition) is 0. The van der Waals surface area contributed by atoms with Crippen molar-refractivity contribution >= 4 is 40.3 Å². The summed E-state index contributed by atoms with van der Waals surface area (Å²) in [7, 11) is 3.65. The number of hydrogen-bond acceptors (Lipinski definition) is 6. The fourth-order valence-corrected chi connectivity index (χ4v) is 5.49. The molecular weight excluding hydrogens is 390 g/mol. The zero-order valence-corrected chi connectivity index (χ0v) is 17.6. The Balaban J connectivity index is 1.64. The third-order valence-electron chi connectivity index (χ3n) is 4.65. The van der Waals surface area contributed by atoms with Gasteiger partial charge in [0.05, 0.1) is 24.4 Å². The SMILES string of the molecule is CCN1C(=O)/C(=C2/Sc3ccc(OC)cc3N2C)SC1=NCc1ccccc1. The van der Waals surface area contributed by atoms with Crippen molar-refractivity contribution in [2.45, 2.75) is 18.4 Å². The van der Waals surface area contributed by atoms with Crippen LogP contribution < -0.4 is 9.64 Å². The van der Waals surface area contributed by atoms with Gasteiger partial charge < -0.3 is 9.64 Å². The van der Waals surface area contributed by atoms with E-state index < -0.39 is 0 Å². The predicted octanol–water partition coefficient (Wildman–Crippen LogP) is 4.56. The molecule has 28 heavy (non-hydrogen) atoms. The molecule has 4 rings (SSSR count). The van der Waals surface area contributed by atoms with E-state index >= 15 is 0 Å². The minimum atomic E-state index is 0.0217. The number of carbonyl (C=O) groups is 1. The van der Waals surface area contributed by atoms with Gasteiger partial charge in [-0.2, -0.15) is 0 Å². The molecule has 0 spiro atoms. The van der Waals surface area contributed by atoms with Crippen LogP contribution in [-0.2, 0) is 11.3 Å². The fourth-order valence-electron chi connectivity index (χ4n) is 3.13. The minimum absolute atomic E-state index is 0.0217. The number of amidine groups is 1. The Labute approximate surface area is 173 Å². The molecule has 0 bridgehead atoms. The lowest BCUT2D eigenvalue weighted by Crippen LogP contribution is -2.29. The molecule has 2 aliphatic heterocycles. The highest BCUT2D eigenvalue weighted by molar-refractivity contribution is 8.19. The van der Waals surface area contributed by atoms with Gasteiger partial charge in [0.1, 0.15) is 10.7 Å². The Morgan fingerprint density at radius 2 is 1.89 bits per heavy atom. The first-order chi connectivity index (χ1) is 13.6. The molecule has 2 aliphatic rings. The zero-order chi connectivity index (χ0) is 19.7. The van der Waals surface area contributed by atoms with Gasteiger partial charge in [-0.1, -0.05) is 42.1 Å². The third-order valence-corrected chi connectivity index (χ3v) is 7.12. The van der Waals surface area contributed by atoms with E-state index in [1.807, 2.05) is 62.5 Å². The number of ether oxygens (including phenoxy) is 1. The van der Waals surface area contributed by atoms with Gasteiger partial charge in [0.25, 0.3) is 5.91 Å². The van der Waals surface area contributed by atoms with Crippen molar-refractivity contribution < 1.29 is 9.53 Å². The smallest absolute Gasteiger partial charge is 0.269 e. The fraction of sp³-hybridized carbons (Fsp3) is 0.238. The Morgan fingerprint density at radius 1 is 1.11 bits per heavy atom. The van der Waals surface area contributed by atoms with E-state index in [0.29, 0.717) is 13.1 Å². The average Bonchev–Trinajstić information content (AvgIpc) is 3.22. The number of carbonyl (C=O) groups excluding carboxylic acids is 1. The first-order valence-corrected chi connectivity index (χ1v) is 10.7. The van der Waals surface area contributed by atoms with E-state index in [1.165, 1.54) is 11.8 Å². The second-order valence-corrected chi connectivity index (χ2v) is 8.37. The Bertz CT molecular complexity index is 973. The average molecular weight is 412 g/mol. The lowest BCUT2D eigenvalue weighted by atomic mass is 10.2. The zero-order valence-electron chi connectivity index (χ0n) is 16.0. The van der Waals surface area contributed by atoms with Crippen molar-refractivity contribution in [3.8, 4) is 5.75 Å². The number of amides is 1. The van der Waals surface area contributed by atoms with E-state index in [4.69, 9.17) is 9.73 Å². The first kappa shape index (κ1) is 19.0. The van der Waals surface area contributed by atoms with Gasteiger partial charge in [0.15, 0.2) is 5.17 Å². The molecule has 1 fully saturated rings. The Kier molecular flexibility index (Phi) is 5.37. The summed E-state index contributed by atoms with van der Waals surface area (Å²) in [5.74, 6) is 0.830. The van der Waals surface area contributed by atoms with E-state index in [0.717, 1.165) is 37.0 Å². The molecule has 0 N–H and O–H groups in total. The topological polar surface area (TPSA) is 45.1 Å². The normalized spacial score (nSPS) is 20.2. The third kappa shape index (κ3) is 3.40. The molecule has 0 saturated carbocycles. The van der Waals surface area contributed by atoms with Crippen molar-refractivity contribution in [1.29, 1.82) is 0 Å². The molecule has 1 saturated heterocycles. The van der Waals surface area contributed by atoms with Crippen LogP contribution in [0.25, 0.3) is 0 Å². The van der Waals surface area contributed by atoms with Crippen LogP contribution in [0.5, 0.6) is 5.75 Å². The number of methoxy groups -OCH3 is 1. The molecule has 0 aromatic heterocycles. The van der Waals surface area contributed by atoms with Crippen LogP contribution in [0, 0.1) is 0 Å². The summed E-state index contributed by atoms with van der Waals surface area (Å²) < 4.78 is 5.34. The number of rotatable bonds is 4. The lowest BCUT2D eigenvalue weighted by molar-refractivity contribution is -0.122. The summed E-state index contributed by atoms with van der Waals surface area (Å²) in [6, 6.07) is 16.1. The van der Waals surface area contributed by atoms with Gasteiger partial charge >= 0.3 is 0 Å². The van der Waals surface area contributed by atoms with Crippen molar-refractivity contribution in [2.24, 2.45) is 4.99 Å². The molecule has 2 heterocycles. The van der Waals surface area contributed by atoms with Gasteiger partial charge in [-0.05, 0) is 36.4 Å². The second-order valence-electron chi connectivity index (χ2n) is 6.36. The summed E-state index contributed by atoms with van der Waals surface area (Å²) in [6.45, 7) is 3.15. The highest BCUT2D eigenvalue weighted by Gasteiger charge is 2.38. The van der Waals surface area contributed by atoms with Crippen LogP contribution in [0.2, 0.25) is 0 Å². The van der Waals surface area contributed by atoms with Crippen molar-refractivity contribution in [2.75, 3.05) is 25.6 Å². The highest BCUT2D eigenvalue weighted by atomic mass is 32.2. The van der Waals surface area contributed by atoms with Crippen LogP contribution in [0.15, 0.2) is 68.4 Å². The van der Waals surface area contributed by atoms with E-state index in [1.54, 1.807) is 23.8 Å². The summed E-state index contributed by atoms with van der Waals surface area (Å²) in [5, 5.41) is 1.71. The van der Waals surface area contributed by atoms with Crippen LogP contribution in [0.1, 0.15) is 12.5 Å². The van der Waals surface area contributed by atoms with Crippen LogP contribution in [0.4, 0.5) is 5.69 Å². The monoisotopic (exact) mass is 411 g/mol. The number of thioether (sulfide) groups is 2. The quantitative estimate of drug-likeness (QED) is 0.690. The van der Waals surface area contributed by atoms with E-state index in [-0.39, 0.29) is 5.91 Å². The second kappa shape index (κ2) is 7.93. The van der Waals surface area contributed by atoms with E-state index in [2.05, 4.69) is 4.90 Å². The molecular formula is C21H21N3O2S2. The Morgan fingerprint density at radius 3 is 2.61 bits per heavy atom. The number of benzene rings is 2. The molecule has 0 radical (unpaired) electrons. The van der Waals surface area contributed by atoms with Gasteiger partial charge in [-0.3, -0.25) is 14.7 Å². The van der Waals surface area contributed by atoms with Gasteiger partial charge in [-0.25, -0.2) is 0 Å². The van der Waals surface area contributed by atoms with Crippen molar-refractivity contribution in [3.05, 3.63) is 64.0 Å². The predicted molar refractivity (Wildman–Crippen MR) is 117 cm³/mol. The molecule has 0 atom stereocenters. The van der Waals surface area contributed by atoms with Crippen molar-refractivity contribution in [3.63, 3.8) is 0 Å². The number of aliphatic imine (C=N–C) groups is 1. The Hall–Kier alpha value is -2.38. The summed E-state index contributed by atoms with van der Waals surface area (Å²) in [4.78, 5) is 23.5. The molecule has 7 heteroatoms.